The molecule has 0 saturated carbocycles. The summed E-state index contributed by atoms with van der Waals surface area (Å²) in [5, 5.41) is 3.08. The van der Waals surface area contributed by atoms with Gasteiger partial charge >= 0.3 is 0 Å². The number of para-hydroxylation sites is 1. The molecular weight excluding hydrogens is 328 g/mol. The fourth-order valence-electron chi connectivity index (χ4n) is 4.15. The molecular formula is C21H22N2O3. The van der Waals surface area contributed by atoms with Gasteiger partial charge in [-0.05, 0) is 19.1 Å². The number of carbonyl (C=O) groups excluding carboxylic acids is 2. The second-order valence-corrected chi connectivity index (χ2v) is 7.30. The lowest BCUT2D eigenvalue weighted by Crippen LogP contribution is -2.47. The number of nitrogens with zero attached hydrogens (tertiary/aromatic N) is 1. The van der Waals surface area contributed by atoms with Crippen LogP contribution in [0.1, 0.15) is 33.2 Å². The highest BCUT2D eigenvalue weighted by atomic mass is 16.5. The van der Waals surface area contributed by atoms with Gasteiger partial charge in [0.05, 0.1) is 24.1 Å². The van der Waals surface area contributed by atoms with Gasteiger partial charge in [0.1, 0.15) is 5.75 Å². The van der Waals surface area contributed by atoms with Gasteiger partial charge in [-0.1, -0.05) is 36.4 Å². The molecule has 2 aromatic carbocycles. The summed E-state index contributed by atoms with van der Waals surface area (Å²) >= 11 is 0. The van der Waals surface area contributed by atoms with Crippen molar-refractivity contribution in [3.05, 3.63) is 65.2 Å². The van der Waals surface area contributed by atoms with Crippen molar-refractivity contribution in [2.24, 2.45) is 5.41 Å². The van der Waals surface area contributed by atoms with E-state index in [1.54, 1.807) is 25.3 Å². The summed E-state index contributed by atoms with van der Waals surface area (Å²) in [6, 6.07) is 14.8. The van der Waals surface area contributed by atoms with Gasteiger partial charge in [-0.15, -0.1) is 0 Å². The van der Waals surface area contributed by atoms with Crippen molar-refractivity contribution in [2.45, 2.75) is 19.5 Å². The second kappa shape index (κ2) is 6.25. The fraction of sp³-hybridized carbons (Fsp3) is 0.333. The third kappa shape index (κ3) is 2.59. The van der Waals surface area contributed by atoms with Crippen molar-refractivity contribution in [3.8, 4) is 5.75 Å². The molecule has 5 heteroatoms. The van der Waals surface area contributed by atoms with Crippen LogP contribution in [0.2, 0.25) is 0 Å². The zero-order valence-corrected chi connectivity index (χ0v) is 15.0. The minimum absolute atomic E-state index is 0.0407. The molecule has 0 spiro atoms. The topological polar surface area (TPSA) is 58.6 Å². The lowest BCUT2D eigenvalue weighted by Gasteiger charge is -2.27. The first-order valence-electron chi connectivity index (χ1n) is 8.82. The van der Waals surface area contributed by atoms with Crippen LogP contribution in [0.15, 0.2) is 48.5 Å². The molecule has 0 unspecified atom stereocenters. The van der Waals surface area contributed by atoms with E-state index in [1.807, 2.05) is 37.3 Å². The number of benzene rings is 2. The molecule has 2 heterocycles. The number of methoxy groups -OCH3 is 1. The van der Waals surface area contributed by atoms with E-state index in [1.165, 1.54) is 0 Å². The van der Waals surface area contributed by atoms with Crippen LogP contribution in [0.4, 0.5) is 0 Å². The number of hydrogen-bond acceptors (Lipinski definition) is 4. The van der Waals surface area contributed by atoms with E-state index in [4.69, 9.17) is 4.74 Å². The van der Waals surface area contributed by atoms with Crippen molar-refractivity contribution >= 4 is 11.7 Å². The lowest BCUT2D eigenvalue weighted by atomic mass is 9.78. The number of nitrogens with one attached hydrogen (secondary N) is 1. The summed E-state index contributed by atoms with van der Waals surface area (Å²) in [4.78, 5) is 28.1. The predicted molar refractivity (Wildman–Crippen MR) is 98.4 cm³/mol. The van der Waals surface area contributed by atoms with Crippen molar-refractivity contribution < 1.29 is 14.3 Å². The van der Waals surface area contributed by atoms with Gasteiger partial charge in [-0.2, -0.15) is 0 Å². The molecule has 1 fully saturated rings. The summed E-state index contributed by atoms with van der Waals surface area (Å²) in [5.41, 5.74) is 1.44. The maximum absolute atomic E-state index is 13.3. The van der Waals surface area contributed by atoms with Gasteiger partial charge in [0.25, 0.3) is 5.91 Å². The van der Waals surface area contributed by atoms with Gasteiger partial charge in [-0.25, -0.2) is 0 Å². The molecule has 0 aromatic heterocycles. The van der Waals surface area contributed by atoms with E-state index >= 15 is 0 Å². The molecule has 2 atom stereocenters. The Labute approximate surface area is 153 Å². The van der Waals surface area contributed by atoms with Crippen LogP contribution in [0.25, 0.3) is 0 Å². The first-order valence-corrected chi connectivity index (χ1v) is 8.82. The van der Waals surface area contributed by atoms with Crippen molar-refractivity contribution in [2.75, 3.05) is 20.2 Å². The summed E-state index contributed by atoms with van der Waals surface area (Å²) in [6.45, 7) is 3.88. The van der Waals surface area contributed by atoms with Crippen molar-refractivity contribution in [3.63, 3.8) is 0 Å². The third-order valence-electron chi connectivity index (χ3n) is 5.59. The largest absolute Gasteiger partial charge is 0.496 e. The molecule has 0 radical (unpaired) electrons. The Morgan fingerprint density at radius 2 is 1.81 bits per heavy atom. The van der Waals surface area contributed by atoms with Crippen LogP contribution in [0, 0.1) is 5.41 Å². The normalized spacial score (nSPS) is 25.2. The second-order valence-electron chi connectivity index (χ2n) is 7.30. The lowest BCUT2D eigenvalue weighted by molar-refractivity contribution is 0.0789. The molecule has 2 aliphatic rings. The van der Waals surface area contributed by atoms with E-state index in [2.05, 4.69) is 10.2 Å². The Morgan fingerprint density at radius 1 is 1.12 bits per heavy atom. The fourth-order valence-corrected chi connectivity index (χ4v) is 4.15. The molecule has 2 aliphatic heterocycles. The van der Waals surface area contributed by atoms with Gasteiger partial charge in [0.2, 0.25) is 0 Å². The van der Waals surface area contributed by atoms with Crippen LogP contribution < -0.4 is 10.1 Å². The minimum Gasteiger partial charge on any atom is -0.496 e. The van der Waals surface area contributed by atoms with E-state index in [0.29, 0.717) is 30.8 Å². The van der Waals surface area contributed by atoms with Crippen LogP contribution in [-0.2, 0) is 6.54 Å². The summed E-state index contributed by atoms with van der Waals surface area (Å²) in [5.74, 6) is 0.714. The minimum atomic E-state index is -0.635. The smallest absolute Gasteiger partial charge is 0.252 e. The van der Waals surface area contributed by atoms with Crippen LogP contribution >= 0.6 is 0 Å². The molecule has 5 nitrogen and oxygen atoms in total. The van der Waals surface area contributed by atoms with Gasteiger partial charge < -0.3 is 10.1 Å². The molecule has 4 rings (SSSR count). The molecule has 1 N–H and O–H groups in total. The average molecular weight is 350 g/mol. The zero-order valence-electron chi connectivity index (χ0n) is 15.0. The Bertz CT molecular complexity index is 879. The van der Waals surface area contributed by atoms with Gasteiger partial charge in [-0.3, -0.25) is 14.5 Å². The van der Waals surface area contributed by atoms with Crippen LogP contribution in [-0.4, -0.2) is 42.8 Å². The van der Waals surface area contributed by atoms with Crippen LogP contribution in [0.5, 0.6) is 5.75 Å². The highest BCUT2D eigenvalue weighted by Crippen LogP contribution is 2.38. The number of Topliss-reactive ketones (excluding diaryl/α,β-unsaturated/α-hetero) is 1. The number of carbonyl (C=O) groups is 2. The third-order valence-corrected chi connectivity index (χ3v) is 5.59. The SMILES string of the molecule is COc1ccccc1CN1C[C@H]2NC(=O)c3ccccc3C(=O)[C@@]2(C)C1. The summed E-state index contributed by atoms with van der Waals surface area (Å²) in [6.07, 6.45) is 0. The summed E-state index contributed by atoms with van der Waals surface area (Å²) < 4.78 is 5.44. The quantitative estimate of drug-likeness (QED) is 0.924. The molecule has 0 bridgehead atoms. The molecule has 1 amide bonds. The number of ether oxygens (including phenoxy) is 1. The van der Waals surface area contributed by atoms with Crippen LogP contribution in [0.3, 0.4) is 0 Å². The monoisotopic (exact) mass is 350 g/mol. The van der Waals surface area contributed by atoms with E-state index < -0.39 is 5.41 Å². The van der Waals surface area contributed by atoms with Crippen molar-refractivity contribution in [1.29, 1.82) is 0 Å². The number of fused-ring (bicyclic) bond motifs is 2. The number of rotatable bonds is 3. The molecule has 2 aromatic rings. The average Bonchev–Trinajstić information content (AvgIpc) is 2.94. The first kappa shape index (κ1) is 16.8. The van der Waals surface area contributed by atoms with Crippen molar-refractivity contribution in [1.82, 2.24) is 10.2 Å². The van der Waals surface area contributed by atoms with Gasteiger partial charge in [0, 0.05) is 30.8 Å². The highest BCUT2D eigenvalue weighted by molar-refractivity contribution is 6.12. The Balaban J connectivity index is 1.64. The standard InChI is InChI=1S/C21H22N2O3/c1-21-13-23(11-14-7-3-6-10-17(14)26-2)12-18(21)22-20(25)16-9-5-4-8-15(16)19(21)24/h3-10,18H,11-13H2,1-2H3,(H,22,25)/t18-,21+/m1/s1. The first-order chi connectivity index (χ1) is 12.5. The maximum atomic E-state index is 13.3. The number of likely N-dealkylation sites (tertiary alicyclic amines) is 1. The Hall–Kier alpha value is -2.66. The Kier molecular flexibility index (Phi) is 4.04. The molecule has 134 valence electrons. The van der Waals surface area contributed by atoms with E-state index in [0.717, 1.165) is 11.3 Å². The number of hydrogen-bond donors (Lipinski definition) is 1. The summed E-state index contributed by atoms with van der Waals surface area (Å²) in [7, 11) is 1.66. The van der Waals surface area contributed by atoms with Gasteiger partial charge in [0.15, 0.2) is 5.78 Å². The predicted octanol–water partition coefficient (Wildman–Crippen LogP) is 2.51. The zero-order chi connectivity index (χ0) is 18.3. The molecule has 26 heavy (non-hydrogen) atoms. The molecule has 1 saturated heterocycles. The highest BCUT2D eigenvalue weighted by Gasteiger charge is 2.51. The Morgan fingerprint density at radius 3 is 2.58 bits per heavy atom. The van der Waals surface area contributed by atoms with E-state index in [9.17, 15) is 9.59 Å². The molecule has 0 aliphatic carbocycles. The number of ketones is 1. The van der Waals surface area contributed by atoms with E-state index in [-0.39, 0.29) is 17.7 Å². The maximum Gasteiger partial charge on any atom is 0.252 e. The number of amides is 1.